The first-order chi connectivity index (χ1) is 4.43. The topological polar surface area (TPSA) is 0 Å². The number of halogens is 1. The van der Waals surface area contributed by atoms with Crippen LogP contribution in [0.2, 0.25) is 0 Å². The lowest BCUT2D eigenvalue weighted by Gasteiger charge is -2.04. The van der Waals surface area contributed by atoms with Crippen molar-refractivity contribution in [2.45, 2.75) is 25.7 Å². The van der Waals surface area contributed by atoms with Gasteiger partial charge in [0.15, 0.2) is 0 Å². The maximum atomic E-state index is 3.57. The van der Waals surface area contributed by atoms with Crippen molar-refractivity contribution in [1.82, 2.24) is 0 Å². The van der Waals surface area contributed by atoms with E-state index in [0.29, 0.717) is 0 Å². The van der Waals surface area contributed by atoms with Crippen LogP contribution in [0.25, 0.3) is 0 Å². The summed E-state index contributed by atoms with van der Waals surface area (Å²) in [6, 6.07) is 0. The summed E-state index contributed by atoms with van der Waals surface area (Å²) in [5, 5.41) is 1.27. The second-order valence-electron chi connectivity index (χ2n) is 3.43. The van der Waals surface area contributed by atoms with E-state index in [0.717, 1.165) is 17.8 Å². The second kappa shape index (κ2) is 2.26. The molecule has 0 bridgehead atoms. The Labute approximate surface area is 65.1 Å². The molecule has 0 aromatic heterocycles. The van der Waals surface area contributed by atoms with E-state index in [4.69, 9.17) is 0 Å². The summed E-state index contributed by atoms with van der Waals surface area (Å²) in [5.74, 6) is 3.35. The average Bonchev–Trinajstić information content (AvgIpc) is 2.60. The lowest BCUT2D eigenvalue weighted by molar-refractivity contribution is 0.480. The van der Waals surface area contributed by atoms with E-state index in [9.17, 15) is 0 Å². The van der Waals surface area contributed by atoms with Gasteiger partial charge in [-0.3, -0.25) is 0 Å². The van der Waals surface area contributed by atoms with Crippen molar-refractivity contribution < 1.29 is 0 Å². The third-order valence-electron chi connectivity index (χ3n) is 3.01. The van der Waals surface area contributed by atoms with Crippen LogP contribution in [0, 0.1) is 17.8 Å². The van der Waals surface area contributed by atoms with E-state index < -0.39 is 0 Å². The Kier molecular flexibility index (Phi) is 1.56. The van der Waals surface area contributed by atoms with Crippen LogP contribution in [0.15, 0.2) is 0 Å². The van der Waals surface area contributed by atoms with Gasteiger partial charge in [0.05, 0.1) is 0 Å². The van der Waals surface area contributed by atoms with Crippen molar-refractivity contribution in [3.8, 4) is 0 Å². The molecule has 2 aliphatic carbocycles. The van der Waals surface area contributed by atoms with E-state index in [-0.39, 0.29) is 0 Å². The molecule has 0 heterocycles. The molecule has 2 unspecified atom stereocenters. The van der Waals surface area contributed by atoms with Gasteiger partial charge < -0.3 is 0 Å². The van der Waals surface area contributed by atoms with E-state index in [2.05, 4.69) is 15.9 Å². The number of hydrogen-bond acceptors (Lipinski definition) is 0. The average molecular weight is 189 g/mol. The molecule has 2 atom stereocenters. The summed E-state index contributed by atoms with van der Waals surface area (Å²) in [6.45, 7) is 0. The van der Waals surface area contributed by atoms with Crippen molar-refractivity contribution in [2.24, 2.45) is 17.8 Å². The molecule has 2 aliphatic rings. The summed E-state index contributed by atoms with van der Waals surface area (Å²) in [7, 11) is 0. The van der Waals surface area contributed by atoms with Gasteiger partial charge in [-0.1, -0.05) is 28.8 Å². The molecule has 9 heavy (non-hydrogen) atoms. The highest BCUT2D eigenvalue weighted by Gasteiger charge is 2.49. The Bertz CT molecular complexity index is 92.4. The van der Waals surface area contributed by atoms with Crippen LogP contribution in [0.1, 0.15) is 25.7 Å². The minimum absolute atomic E-state index is 1.08. The number of rotatable bonds is 1. The van der Waals surface area contributed by atoms with Crippen LogP contribution < -0.4 is 0 Å². The van der Waals surface area contributed by atoms with Gasteiger partial charge in [0.1, 0.15) is 0 Å². The van der Waals surface area contributed by atoms with Crippen LogP contribution in [-0.4, -0.2) is 5.33 Å². The molecule has 0 spiro atoms. The molecule has 0 amide bonds. The molecule has 0 nitrogen and oxygen atoms in total. The first-order valence-electron chi connectivity index (χ1n) is 3.99. The summed E-state index contributed by atoms with van der Waals surface area (Å²) in [5.41, 5.74) is 0. The largest absolute Gasteiger partial charge is 0.0925 e. The van der Waals surface area contributed by atoms with Gasteiger partial charge in [0, 0.05) is 5.33 Å². The summed E-state index contributed by atoms with van der Waals surface area (Å²) in [4.78, 5) is 0. The van der Waals surface area contributed by atoms with Crippen molar-refractivity contribution in [2.75, 3.05) is 5.33 Å². The summed E-state index contributed by atoms with van der Waals surface area (Å²) in [6.07, 6.45) is 6.07. The maximum absolute atomic E-state index is 3.57. The monoisotopic (exact) mass is 188 g/mol. The first kappa shape index (κ1) is 6.21. The molecule has 0 aromatic rings. The number of hydrogen-bond donors (Lipinski definition) is 0. The Balaban J connectivity index is 1.91. The van der Waals surface area contributed by atoms with Gasteiger partial charge >= 0.3 is 0 Å². The Morgan fingerprint density at radius 1 is 1.11 bits per heavy atom. The zero-order valence-corrected chi connectivity index (χ0v) is 7.23. The zero-order valence-electron chi connectivity index (χ0n) is 5.65. The van der Waals surface area contributed by atoms with Crippen molar-refractivity contribution in [3.05, 3.63) is 0 Å². The molecule has 0 aromatic carbocycles. The fourth-order valence-electron chi connectivity index (χ4n) is 2.37. The maximum Gasteiger partial charge on any atom is 0.00651 e. The molecule has 0 saturated heterocycles. The highest BCUT2D eigenvalue weighted by atomic mass is 79.9. The fourth-order valence-corrected chi connectivity index (χ4v) is 3.33. The number of fused-ring (bicyclic) bond motifs is 1. The SMILES string of the molecule is BrCC1C2CCCCC12. The van der Waals surface area contributed by atoms with Crippen molar-refractivity contribution in [3.63, 3.8) is 0 Å². The molecule has 2 fully saturated rings. The molecular weight excluding hydrogens is 176 g/mol. The van der Waals surface area contributed by atoms with Crippen LogP contribution in [-0.2, 0) is 0 Å². The molecule has 0 radical (unpaired) electrons. The second-order valence-corrected chi connectivity index (χ2v) is 4.08. The lowest BCUT2D eigenvalue weighted by atomic mass is 10.0. The smallest absolute Gasteiger partial charge is 0.00651 e. The number of alkyl halides is 1. The third-order valence-corrected chi connectivity index (χ3v) is 3.76. The van der Waals surface area contributed by atoms with Crippen molar-refractivity contribution in [1.29, 1.82) is 0 Å². The molecule has 0 N–H and O–H groups in total. The van der Waals surface area contributed by atoms with Crippen LogP contribution in [0.5, 0.6) is 0 Å². The predicted molar refractivity (Wildman–Crippen MR) is 42.7 cm³/mol. The molecular formula is C8H13Br. The minimum Gasteiger partial charge on any atom is -0.0925 e. The van der Waals surface area contributed by atoms with Gasteiger partial charge in [-0.15, -0.1) is 0 Å². The van der Waals surface area contributed by atoms with Gasteiger partial charge in [0.2, 0.25) is 0 Å². The summed E-state index contributed by atoms with van der Waals surface area (Å²) < 4.78 is 0. The Morgan fingerprint density at radius 3 is 2.11 bits per heavy atom. The fraction of sp³-hybridized carbons (Fsp3) is 1.00. The van der Waals surface area contributed by atoms with E-state index in [1.54, 1.807) is 0 Å². The lowest BCUT2D eigenvalue weighted by Crippen LogP contribution is -1.91. The Hall–Kier alpha value is 0.480. The highest BCUT2D eigenvalue weighted by Crippen LogP contribution is 2.55. The van der Waals surface area contributed by atoms with Crippen LogP contribution in [0.3, 0.4) is 0 Å². The third kappa shape index (κ3) is 0.938. The van der Waals surface area contributed by atoms with Gasteiger partial charge in [-0.05, 0) is 30.6 Å². The molecule has 52 valence electrons. The molecule has 2 rings (SSSR count). The minimum atomic E-state index is 1.08. The Morgan fingerprint density at radius 2 is 1.67 bits per heavy atom. The first-order valence-corrected chi connectivity index (χ1v) is 5.11. The zero-order chi connectivity index (χ0) is 6.27. The molecule has 2 saturated carbocycles. The normalized spacial score (nSPS) is 48.3. The van der Waals surface area contributed by atoms with Crippen molar-refractivity contribution >= 4 is 15.9 Å². The standard InChI is InChI=1S/C8H13Br/c9-5-8-6-3-1-2-4-7(6)8/h6-8H,1-5H2. The van der Waals surface area contributed by atoms with Crippen LogP contribution in [0.4, 0.5) is 0 Å². The van der Waals surface area contributed by atoms with E-state index in [1.165, 1.54) is 31.0 Å². The van der Waals surface area contributed by atoms with E-state index in [1.807, 2.05) is 0 Å². The van der Waals surface area contributed by atoms with E-state index >= 15 is 0 Å². The van der Waals surface area contributed by atoms with Gasteiger partial charge in [-0.2, -0.15) is 0 Å². The molecule has 0 aliphatic heterocycles. The van der Waals surface area contributed by atoms with Gasteiger partial charge in [-0.25, -0.2) is 0 Å². The van der Waals surface area contributed by atoms with Crippen LogP contribution >= 0.6 is 15.9 Å². The van der Waals surface area contributed by atoms with Gasteiger partial charge in [0.25, 0.3) is 0 Å². The highest BCUT2D eigenvalue weighted by molar-refractivity contribution is 9.09. The quantitative estimate of drug-likeness (QED) is 0.556. The predicted octanol–water partition coefficient (Wildman–Crippen LogP) is 2.82. The molecule has 1 heteroatoms. The summed E-state index contributed by atoms with van der Waals surface area (Å²) >= 11 is 3.57.